The van der Waals surface area contributed by atoms with Crippen LogP contribution >= 0.6 is 0 Å². The third-order valence-corrected chi connectivity index (χ3v) is 2.25. The van der Waals surface area contributed by atoms with Crippen LogP contribution in [0.2, 0.25) is 0 Å². The third-order valence-electron chi connectivity index (χ3n) is 2.25. The smallest absolute Gasteiger partial charge is 0.310 e. The van der Waals surface area contributed by atoms with E-state index in [-0.39, 0.29) is 6.54 Å². The van der Waals surface area contributed by atoms with Gasteiger partial charge >= 0.3 is 11.8 Å². The van der Waals surface area contributed by atoms with Crippen LogP contribution in [0.15, 0.2) is 24.3 Å². The highest BCUT2D eigenvalue weighted by molar-refractivity contribution is 6.35. The molecule has 0 fully saturated rings. The molecule has 0 heterocycles. The Kier molecular flexibility index (Phi) is 4.81. The number of amides is 2. The highest BCUT2D eigenvalue weighted by Gasteiger charge is 2.18. The predicted octanol–water partition coefficient (Wildman–Crippen LogP) is 0.643. The van der Waals surface area contributed by atoms with Crippen LogP contribution in [0.25, 0.3) is 0 Å². The van der Waals surface area contributed by atoms with Crippen molar-refractivity contribution < 1.29 is 14.0 Å². The maximum Gasteiger partial charge on any atom is 0.310 e. The number of rotatable bonds is 3. The zero-order valence-corrected chi connectivity index (χ0v) is 9.74. The Morgan fingerprint density at radius 3 is 2.67 bits per heavy atom. The van der Waals surface area contributed by atoms with Crippen LogP contribution in [0.3, 0.4) is 0 Å². The van der Waals surface area contributed by atoms with Gasteiger partial charge in [-0.25, -0.2) is 4.39 Å². The first-order chi connectivity index (χ1) is 8.56. The van der Waals surface area contributed by atoms with Crippen molar-refractivity contribution in [2.24, 2.45) is 0 Å². The van der Waals surface area contributed by atoms with E-state index in [0.29, 0.717) is 5.56 Å². The van der Waals surface area contributed by atoms with E-state index in [1.54, 1.807) is 19.1 Å². The quantitative estimate of drug-likeness (QED) is 0.609. The van der Waals surface area contributed by atoms with Gasteiger partial charge in [-0.05, 0) is 13.0 Å². The maximum atomic E-state index is 13.4. The van der Waals surface area contributed by atoms with Crippen molar-refractivity contribution >= 4 is 11.8 Å². The molecule has 1 unspecified atom stereocenters. The van der Waals surface area contributed by atoms with Gasteiger partial charge in [-0.15, -0.1) is 0 Å². The van der Waals surface area contributed by atoms with Crippen molar-refractivity contribution in [1.29, 1.82) is 5.26 Å². The van der Waals surface area contributed by atoms with E-state index in [1.165, 1.54) is 18.2 Å². The first-order valence-electron chi connectivity index (χ1n) is 5.26. The molecule has 94 valence electrons. The Morgan fingerprint density at radius 1 is 1.39 bits per heavy atom. The van der Waals surface area contributed by atoms with Gasteiger partial charge in [0.05, 0.1) is 12.1 Å². The molecule has 0 saturated heterocycles. The Hall–Kier alpha value is -2.42. The van der Waals surface area contributed by atoms with Crippen molar-refractivity contribution in [1.82, 2.24) is 10.6 Å². The number of hydrogen-bond acceptors (Lipinski definition) is 3. The van der Waals surface area contributed by atoms with Gasteiger partial charge in [0.15, 0.2) is 0 Å². The third kappa shape index (κ3) is 3.56. The number of nitrogens with zero attached hydrogens (tertiary/aromatic N) is 1. The largest absolute Gasteiger partial charge is 0.341 e. The molecule has 2 N–H and O–H groups in total. The fourth-order valence-electron chi connectivity index (χ4n) is 1.37. The average Bonchev–Trinajstić information content (AvgIpc) is 2.36. The summed E-state index contributed by atoms with van der Waals surface area (Å²) >= 11 is 0. The van der Waals surface area contributed by atoms with Gasteiger partial charge in [-0.1, -0.05) is 18.2 Å². The molecule has 0 saturated carbocycles. The minimum Gasteiger partial charge on any atom is -0.341 e. The second-order valence-corrected chi connectivity index (χ2v) is 3.56. The van der Waals surface area contributed by atoms with Gasteiger partial charge in [0, 0.05) is 5.56 Å². The van der Waals surface area contributed by atoms with Gasteiger partial charge in [0.2, 0.25) is 0 Å². The molecule has 0 spiro atoms. The summed E-state index contributed by atoms with van der Waals surface area (Å²) < 4.78 is 13.4. The second kappa shape index (κ2) is 6.35. The van der Waals surface area contributed by atoms with Crippen molar-refractivity contribution in [2.45, 2.75) is 13.0 Å². The Balaban J connectivity index is 2.63. The van der Waals surface area contributed by atoms with E-state index < -0.39 is 23.7 Å². The van der Waals surface area contributed by atoms with Crippen LogP contribution in [0.4, 0.5) is 4.39 Å². The predicted molar refractivity (Wildman–Crippen MR) is 61.6 cm³/mol. The lowest BCUT2D eigenvalue weighted by Gasteiger charge is -2.14. The van der Waals surface area contributed by atoms with E-state index in [0.717, 1.165) is 0 Å². The van der Waals surface area contributed by atoms with Gasteiger partial charge < -0.3 is 10.6 Å². The number of carbonyl (C=O) groups excluding carboxylic acids is 2. The molecule has 1 atom stereocenters. The summed E-state index contributed by atoms with van der Waals surface area (Å²) in [6, 6.07) is 7.01. The van der Waals surface area contributed by atoms with Gasteiger partial charge in [-0.3, -0.25) is 9.59 Å². The molecule has 0 aromatic heterocycles. The minimum absolute atomic E-state index is 0.250. The van der Waals surface area contributed by atoms with E-state index in [4.69, 9.17) is 5.26 Å². The molecule has 18 heavy (non-hydrogen) atoms. The number of carbonyl (C=O) groups is 2. The van der Waals surface area contributed by atoms with Crippen molar-refractivity contribution in [3.8, 4) is 6.07 Å². The Bertz CT molecular complexity index is 496. The van der Waals surface area contributed by atoms with Crippen LogP contribution in [-0.2, 0) is 9.59 Å². The Morgan fingerprint density at radius 2 is 2.06 bits per heavy atom. The summed E-state index contributed by atoms with van der Waals surface area (Å²) in [5.74, 6) is -2.27. The van der Waals surface area contributed by atoms with Crippen LogP contribution in [0, 0.1) is 17.1 Å². The number of benzene rings is 1. The molecule has 1 rings (SSSR count). The normalized spacial score (nSPS) is 11.2. The van der Waals surface area contributed by atoms with E-state index in [9.17, 15) is 14.0 Å². The number of hydrogen-bond donors (Lipinski definition) is 2. The molecule has 1 aromatic carbocycles. The van der Waals surface area contributed by atoms with Gasteiger partial charge in [0.25, 0.3) is 0 Å². The van der Waals surface area contributed by atoms with Gasteiger partial charge in [-0.2, -0.15) is 5.26 Å². The van der Waals surface area contributed by atoms with Gasteiger partial charge in [0.1, 0.15) is 12.4 Å². The summed E-state index contributed by atoms with van der Waals surface area (Å²) in [6.45, 7) is 1.31. The van der Waals surface area contributed by atoms with Crippen LogP contribution < -0.4 is 10.6 Å². The highest BCUT2D eigenvalue weighted by atomic mass is 19.1. The fourth-order valence-corrected chi connectivity index (χ4v) is 1.37. The first kappa shape index (κ1) is 13.6. The lowest BCUT2D eigenvalue weighted by molar-refractivity contribution is -0.139. The van der Waals surface area contributed by atoms with Crippen molar-refractivity contribution in [3.63, 3.8) is 0 Å². The van der Waals surface area contributed by atoms with Crippen LogP contribution in [0.1, 0.15) is 18.5 Å². The summed E-state index contributed by atoms with van der Waals surface area (Å²) in [4.78, 5) is 22.6. The standard InChI is InChI=1S/C12H12FN3O2/c1-8(9-4-2-3-5-10(9)13)16-12(18)11(17)15-7-6-14/h2-5,8H,7H2,1H3,(H,15,17)(H,16,18). The van der Waals surface area contributed by atoms with Crippen LogP contribution in [-0.4, -0.2) is 18.4 Å². The molecule has 5 nitrogen and oxygen atoms in total. The molecule has 0 aliphatic rings. The SMILES string of the molecule is CC(NC(=O)C(=O)NCC#N)c1ccccc1F. The fraction of sp³-hybridized carbons (Fsp3) is 0.250. The van der Waals surface area contributed by atoms with E-state index >= 15 is 0 Å². The lowest BCUT2D eigenvalue weighted by Crippen LogP contribution is -2.41. The van der Waals surface area contributed by atoms with Crippen molar-refractivity contribution in [2.75, 3.05) is 6.54 Å². The molecule has 2 amide bonds. The zero-order chi connectivity index (χ0) is 13.5. The Labute approximate surface area is 104 Å². The summed E-state index contributed by atoms with van der Waals surface area (Å²) in [6.07, 6.45) is 0. The highest BCUT2D eigenvalue weighted by Crippen LogP contribution is 2.15. The average molecular weight is 249 g/mol. The van der Waals surface area contributed by atoms with E-state index in [1.807, 2.05) is 0 Å². The lowest BCUT2D eigenvalue weighted by atomic mass is 10.1. The minimum atomic E-state index is -0.917. The summed E-state index contributed by atoms with van der Waals surface area (Å²) in [5.41, 5.74) is 0.291. The van der Waals surface area contributed by atoms with Crippen LogP contribution in [0.5, 0.6) is 0 Å². The maximum absolute atomic E-state index is 13.4. The molecule has 0 radical (unpaired) electrons. The molecule has 0 aliphatic carbocycles. The number of nitriles is 1. The number of halogens is 1. The molecular weight excluding hydrogens is 237 g/mol. The summed E-state index contributed by atoms with van der Waals surface area (Å²) in [5, 5.41) is 12.7. The first-order valence-corrected chi connectivity index (χ1v) is 5.26. The molecule has 6 heteroatoms. The molecule has 0 aliphatic heterocycles. The molecular formula is C12H12FN3O2. The number of nitrogens with one attached hydrogen (secondary N) is 2. The molecule has 0 bridgehead atoms. The monoisotopic (exact) mass is 249 g/mol. The topological polar surface area (TPSA) is 82.0 Å². The van der Waals surface area contributed by atoms with Crippen molar-refractivity contribution in [3.05, 3.63) is 35.6 Å². The van der Waals surface area contributed by atoms with E-state index in [2.05, 4.69) is 10.6 Å². The second-order valence-electron chi connectivity index (χ2n) is 3.56. The zero-order valence-electron chi connectivity index (χ0n) is 9.74. The summed E-state index contributed by atoms with van der Waals surface area (Å²) in [7, 11) is 0. The molecule has 1 aromatic rings.